The summed E-state index contributed by atoms with van der Waals surface area (Å²) in [6.45, 7) is 0. The maximum absolute atomic E-state index is 1.67. The van der Waals surface area contributed by atoms with Crippen LogP contribution in [0.4, 0.5) is 0 Å². The maximum atomic E-state index is 1.67. The molecule has 0 aromatic heterocycles. The van der Waals surface area contributed by atoms with Gasteiger partial charge in [-0.15, -0.1) is 0 Å². The number of hydrogen-bond donors (Lipinski definition) is 0. The summed E-state index contributed by atoms with van der Waals surface area (Å²) in [5, 5.41) is 0. The van der Waals surface area contributed by atoms with E-state index < -0.39 is 0 Å². The molecule has 0 N–H and O–H groups in total. The van der Waals surface area contributed by atoms with Crippen molar-refractivity contribution in [2.24, 2.45) is 40.9 Å². The normalized spacial score (nSPS) is 63.5. The van der Waals surface area contributed by atoms with Gasteiger partial charge in [0.05, 0.1) is 0 Å². The van der Waals surface area contributed by atoms with Crippen LogP contribution in [-0.2, 0) is 0 Å². The minimum absolute atomic E-state index is 0.892. The molecule has 0 heterocycles. The maximum Gasteiger partial charge on any atom is -0.0235 e. The first kappa shape index (κ1) is 9.87. The van der Waals surface area contributed by atoms with Crippen molar-refractivity contribution in [1.82, 2.24) is 0 Å². The fourth-order valence-corrected chi connectivity index (χ4v) is 7.50. The molecular formula is C17H26. The molecule has 6 aliphatic rings. The Morgan fingerprint density at radius 3 is 1.71 bits per heavy atom. The van der Waals surface area contributed by atoms with Crippen LogP contribution in [0.25, 0.3) is 0 Å². The third-order valence-corrected chi connectivity index (χ3v) is 7.87. The zero-order chi connectivity index (χ0) is 11.0. The number of rotatable bonds is 0. The first-order valence-electron chi connectivity index (χ1n) is 8.33. The molecule has 94 valence electrons. The van der Waals surface area contributed by atoms with Crippen LogP contribution >= 0.6 is 0 Å². The zero-order valence-corrected chi connectivity index (χ0v) is 11.0. The van der Waals surface area contributed by atoms with Gasteiger partial charge in [0, 0.05) is 0 Å². The molecule has 0 aliphatic heterocycles. The summed E-state index contributed by atoms with van der Waals surface area (Å²) in [6, 6.07) is 0. The third-order valence-electron chi connectivity index (χ3n) is 7.87. The van der Waals surface area contributed by atoms with Gasteiger partial charge in [-0.05, 0) is 85.9 Å². The van der Waals surface area contributed by atoms with Crippen molar-refractivity contribution in [3.05, 3.63) is 0 Å². The summed E-state index contributed by atoms with van der Waals surface area (Å²) < 4.78 is 0. The first-order chi connectivity index (χ1) is 8.33. The molecular weight excluding hydrogens is 204 g/mol. The van der Waals surface area contributed by atoms with Crippen LogP contribution in [0.15, 0.2) is 0 Å². The van der Waals surface area contributed by atoms with Crippen LogP contribution < -0.4 is 0 Å². The molecule has 0 saturated heterocycles. The van der Waals surface area contributed by atoms with Gasteiger partial charge >= 0.3 is 0 Å². The van der Waals surface area contributed by atoms with E-state index >= 15 is 0 Å². The highest BCUT2D eigenvalue weighted by atomic mass is 14.7. The van der Waals surface area contributed by atoms with E-state index in [0.717, 1.165) is 5.41 Å². The second-order valence-corrected chi connectivity index (χ2v) is 8.40. The van der Waals surface area contributed by atoms with Crippen molar-refractivity contribution in [1.29, 1.82) is 0 Å². The Kier molecular flexibility index (Phi) is 1.81. The fraction of sp³-hybridized carbons (Fsp3) is 1.00. The number of hydrogen-bond acceptors (Lipinski definition) is 0. The van der Waals surface area contributed by atoms with E-state index in [1.807, 2.05) is 0 Å². The van der Waals surface area contributed by atoms with Crippen molar-refractivity contribution in [3.8, 4) is 0 Å². The van der Waals surface area contributed by atoms with Gasteiger partial charge in [-0.3, -0.25) is 0 Å². The molecule has 6 aliphatic carbocycles. The lowest BCUT2D eigenvalue weighted by Gasteiger charge is -2.61. The molecule has 0 aromatic carbocycles. The first-order valence-corrected chi connectivity index (χ1v) is 8.33. The van der Waals surface area contributed by atoms with Gasteiger partial charge in [0.15, 0.2) is 0 Å². The third kappa shape index (κ3) is 1.16. The largest absolute Gasteiger partial charge is 0.0528 e. The molecule has 0 aromatic rings. The van der Waals surface area contributed by atoms with E-state index in [1.54, 1.807) is 64.2 Å². The number of fused-ring (bicyclic) bond motifs is 1. The summed E-state index contributed by atoms with van der Waals surface area (Å²) in [5.41, 5.74) is 0.892. The minimum atomic E-state index is 0.892. The summed E-state index contributed by atoms with van der Waals surface area (Å²) in [4.78, 5) is 0. The highest BCUT2D eigenvalue weighted by Crippen LogP contribution is 2.70. The highest BCUT2D eigenvalue weighted by Gasteiger charge is 2.61. The highest BCUT2D eigenvalue weighted by molar-refractivity contribution is 5.10. The smallest absolute Gasteiger partial charge is 0.0235 e. The van der Waals surface area contributed by atoms with E-state index in [4.69, 9.17) is 0 Å². The van der Waals surface area contributed by atoms with Crippen molar-refractivity contribution < 1.29 is 0 Å². The zero-order valence-electron chi connectivity index (χ0n) is 11.0. The van der Waals surface area contributed by atoms with E-state index in [2.05, 4.69) is 0 Å². The molecule has 0 radical (unpaired) electrons. The molecule has 0 heteroatoms. The van der Waals surface area contributed by atoms with E-state index in [1.165, 1.54) is 35.5 Å². The second-order valence-electron chi connectivity index (χ2n) is 8.40. The van der Waals surface area contributed by atoms with Gasteiger partial charge in [-0.25, -0.2) is 0 Å². The Labute approximate surface area is 106 Å². The molecule has 4 bridgehead atoms. The quantitative estimate of drug-likeness (QED) is 0.569. The van der Waals surface area contributed by atoms with Gasteiger partial charge in [-0.2, -0.15) is 0 Å². The van der Waals surface area contributed by atoms with Crippen molar-refractivity contribution >= 4 is 0 Å². The Hall–Kier alpha value is 0. The van der Waals surface area contributed by atoms with Crippen LogP contribution in [0.3, 0.4) is 0 Å². The standard InChI is InChI=1S/C17H26/c1-2-13-9-17(10-14(13)3-1)15-5-11-4-12(7-15)8-16(17)6-11/h11-16H,1-10H2. The average molecular weight is 230 g/mol. The summed E-state index contributed by atoms with van der Waals surface area (Å²) in [5.74, 6) is 7.06. The summed E-state index contributed by atoms with van der Waals surface area (Å²) in [7, 11) is 0. The topological polar surface area (TPSA) is 0 Å². The Balaban J connectivity index is 1.51. The van der Waals surface area contributed by atoms with Gasteiger partial charge in [0.2, 0.25) is 0 Å². The molecule has 2 unspecified atom stereocenters. The van der Waals surface area contributed by atoms with Crippen LogP contribution in [0.5, 0.6) is 0 Å². The molecule has 1 spiro atoms. The lowest BCUT2D eigenvalue weighted by molar-refractivity contribution is -0.109. The second kappa shape index (κ2) is 3.11. The van der Waals surface area contributed by atoms with Crippen molar-refractivity contribution in [2.45, 2.75) is 64.2 Å². The molecule has 17 heavy (non-hydrogen) atoms. The van der Waals surface area contributed by atoms with Gasteiger partial charge < -0.3 is 0 Å². The Bertz CT molecular complexity index is 300. The van der Waals surface area contributed by atoms with Crippen LogP contribution in [-0.4, -0.2) is 0 Å². The van der Waals surface area contributed by atoms with Crippen LogP contribution in [0, 0.1) is 40.9 Å². The monoisotopic (exact) mass is 230 g/mol. The fourth-order valence-electron chi connectivity index (χ4n) is 7.50. The molecule has 6 fully saturated rings. The van der Waals surface area contributed by atoms with Crippen LogP contribution in [0.1, 0.15) is 64.2 Å². The van der Waals surface area contributed by atoms with Gasteiger partial charge in [0.25, 0.3) is 0 Å². The molecule has 0 amide bonds. The SMILES string of the molecule is C1CC2CC3(CC2C1)C1CC2CC(C1)CC3C2. The molecule has 2 atom stereocenters. The molecule has 0 nitrogen and oxygen atoms in total. The van der Waals surface area contributed by atoms with Crippen molar-refractivity contribution in [3.63, 3.8) is 0 Å². The lowest BCUT2D eigenvalue weighted by atomic mass is 9.44. The lowest BCUT2D eigenvalue weighted by Crippen LogP contribution is -2.51. The van der Waals surface area contributed by atoms with Crippen molar-refractivity contribution in [2.75, 3.05) is 0 Å². The van der Waals surface area contributed by atoms with E-state index in [9.17, 15) is 0 Å². The Morgan fingerprint density at radius 1 is 0.647 bits per heavy atom. The molecule has 6 rings (SSSR count). The van der Waals surface area contributed by atoms with Crippen LogP contribution in [0.2, 0.25) is 0 Å². The van der Waals surface area contributed by atoms with E-state index in [0.29, 0.717) is 0 Å². The predicted molar refractivity (Wildman–Crippen MR) is 69.5 cm³/mol. The molecule has 6 saturated carbocycles. The van der Waals surface area contributed by atoms with Gasteiger partial charge in [-0.1, -0.05) is 19.3 Å². The minimum Gasteiger partial charge on any atom is -0.0528 e. The van der Waals surface area contributed by atoms with E-state index in [-0.39, 0.29) is 0 Å². The summed E-state index contributed by atoms with van der Waals surface area (Å²) in [6.07, 6.45) is 16.3. The summed E-state index contributed by atoms with van der Waals surface area (Å²) >= 11 is 0. The Morgan fingerprint density at radius 2 is 1.18 bits per heavy atom. The van der Waals surface area contributed by atoms with Gasteiger partial charge in [0.1, 0.15) is 0 Å². The average Bonchev–Trinajstić information content (AvgIpc) is 2.83. The predicted octanol–water partition coefficient (Wildman–Crippen LogP) is 4.64.